The van der Waals surface area contributed by atoms with Crippen LogP contribution < -0.4 is 15.4 Å². The van der Waals surface area contributed by atoms with Crippen LogP contribution in [0.25, 0.3) is 0 Å². The Morgan fingerprint density at radius 1 is 0.800 bits per heavy atom. The van der Waals surface area contributed by atoms with Crippen molar-refractivity contribution in [2.75, 3.05) is 12.4 Å². The van der Waals surface area contributed by atoms with Crippen LogP contribution in [0.4, 0.5) is 5.69 Å². The summed E-state index contributed by atoms with van der Waals surface area (Å²) in [5.41, 5.74) is 3.14. The molecule has 3 rings (SSSR count). The van der Waals surface area contributed by atoms with Crippen molar-refractivity contribution in [3.8, 4) is 5.75 Å². The molecule has 0 aliphatic carbocycles. The molecule has 0 aliphatic heterocycles. The topological polar surface area (TPSA) is 33.3 Å². The van der Waals surface area contributed by atoms with E-state index in [1.165, 1.54) is 0 Å². The van der Waals surface area contributed by atoms with E-state index in [1.807, 2.05) is 60.7 Å². The summed E-state index contributed by atoms with van der Waals surface area (Å²) in [6.07, 6.45) is 0. The summed E-state index contributed by atoms with van der Waals surface area (Å²) in [6, 6.07) is 28.2. The summed E-state index contributed by atoms with van der Waals surface area (Å²) in [7, 11) is 1.65. The molecule has 0 aromatic heterocycles. The van der Waals surface area contributed by atoms with E-state index in [0.717, 1.165) is 22.6 Å². The van der Waals surface area contributed by atoms with E-state index in [1.54, 1.807) is 7.11 Å². The van der Waals surface area contributed by atoms with Gasteiger partial charge in [-0.15, -0.1) is 0 Å². The highest BCUT2D eigenvalue weighted by molar-refractivity contribution is 7.80. The Bertz CT molecular complexity index is 782. The minimum atomic E-state index is -0.0305. The Balaban J connectivity index is 1.82. The fraction of sp³-hybridized carbons (Fsp3) is 0.0952. The van der Waals surface area contributed by atoms with Gasteiger partial charge in [-0.25, -0.2) is 0 Å². The molecule has 0 aliphatic rings. The minimum absolute atomic E-state index is 0.0305. The maximum absolute atomic E-state index is 5.54. The fourth-order valence-corrected chi connectivity index (χ4v) is 2.92. The van der Waals surface area contributed by atoms with Crippen molar-refractivity contribution >= 4 is 23.0 Å². The normalized spacial score (nSPS) is 10.3. The molecule has 3 aromatic rings. The van der Waals surface area contributed by atoms with E-state index in [2.05, 4.69) is 34.9 Å². The molecule has 0 atom stereocenters. The Kier molecular flexibility index (Phi) is 5.65. The van der Waals surface area contributed by atoms with Gasteiger partial charge in [0.05, 0.1) is 18.8 Å². The number of hydrogen-bond donors (Lipinski definition) is 2. The number of anilines is 1. The lowest BCUT2D eigenvalue weighted by molar-refractivity contribution is 0.417. The number of ether oxygens (including phenoxy) is 1. The summed E-state index contributed by atoms with van der Waals surface area (Å²) in [4.78, 5) is 0. The molecule has 0 fully saturated rings. The van der Waals surface area contributed by atoms with Crippen LogP contribution in [0.3, 0.4) is 0 Å². The van der Waals surface area contributed by atoms with Crippen molar-refractivity contribution in [3.63, 3.8) is 0 Å². The molecule has 4 heteroatoms. The monoisotopic (exact) mass is 348 g/mol. The first-order chi connectivity index (χ1) is 12.3. The first-order valence-corrected chi connectivity index (χ1v) is 8.49. The van der Waals surface area contributed by atoms with Gasteiger partial charge in [0.2, 0.25) is 0 Å². The summed E-state index contributed by atoms with van der Waals surface area (Å²) < 4.78 is 5.37. The summed E-state index contributed by atoms with van der Waals surface area (Å²) >= 11 is 5.54. The molecule has 0 amide bonds. The SMILES string of the molecule is COc1ccccc1NC(=S)NC(c1ccccc1)c1ccccc1. The van der Waals surface area contributed by atoms with E-state index in [-0.39, 0.29) is 6.04 Å². The van der Waals surface area contributed by atoms with Crippen molar-refractivity contribution in [2.24, 2.45) is 0 Å². The maximum atomic E-state index is 5.54. The molecule has 0 saturated heterocycles. The zero-order valence-corrected chi connectivity index (χ0v) is 14.8. The van der Waals surface area contributed by atoms with Gasteiger partial charge in [0.1, 0.15) is 5.75 Å². The van der Waals surface area contributed by atoms with Gasteiger partial charge in [0.25, 0.3) is 0 Å². The molecule has 0 heterocycles. The lowest BCUT2D eigenvalue weighted by Gasteiger charge is -2.22. The predicted octanol–water partition coefficient (Wildman–Crippen LogP) is 4.77. The van der Waals surface area contributed by atoms with Crippen LogP contribution >= 0.6 is 12.2 Å². The number of rotatable bonds is 5. The van der Waals surface area contributed by atoms with Crippen molar-refractivity contribution < 1.29 is 4.74 Å². The van der Waals surface area contributed by atoms with Crippen molar-refractivity contribution in [2.45, 2.75) is 6.04 Å². The predicted molar refractivity (Wildman–Crippen MR) is 107 cm³/mol. The second-order valence-corrected chi connectivity index (χ2v) is 5.96. The molecule has 3 aromatic carbocycles. The van der Waals surface area contributed by atoms with Gasteiger partial charge < -0.3 is 15.4 Å². The Hall–Kier alpha value is -2.85. The molecule has 126 valence electrons. The van der Waals surface area contributed by atoms with E-state index in [9.17, 15) is 0 Å². The lowest BCUT2D eigenvalue weighted by atomic mass is 9.99. The number of methoxy groups -OCH3 is 1. The largest absolute Gasteiger partial charge is 0.495 e. The molecular formula is C21H20N2OS. The van der Waals surface area contributed by atoms with Crippen molar-refractivity contribution in [3.05, 3.63) is 96.1 Å². The van der Waals surface area contributed by atoms with Crippen LogP contribution in [-0.2, 0) is 0 Å². The van der Waals surface area contributed by atoms with Gasteiger partial charge in [-0.05, 0) is 35.5 Å². The third kappa shape index (κ3) is 4.37. The van der Waals surface area contributed by atoms with E-state index >= 15 is 0 Å². The Labute approximate surface area is 153 Å². The van der Waals surface area contributed by atoms with Crippen LogP contribution in [0.2, 0.25) is 0 Å². The first kappa shape index (κ1) is 17.0. The van der Waals surface area contributed by atoms with Crippen LogP contribution in [0, 0.1) is 0 Å². The van der Waals surface area contributed by atoms with Gasteiger partial charge >= 0.3 is 0 Å². The number of benzene rings is 3. The standard InChI is InChI=1S/C21H20N2OS/c1-24-19-15-9-8-14-18(19)22-21(25)23-20(16-10-4-2-5-11-16)17-12-6-3-7-13-17/h2-15,20H,1H3,(H2,22,23,25). The highest BCUT2D eigenvalue weighted by Gasteiger charge is 2.15. The highest BCUT2D eigenvalue weighted by Crippen LogP contribution is 2.25. The van der Waals surface area contributed by atoms with Crippen LogP contribution in [0.15, 0.2) is 84.9 Å². The lowest BCUT2D eigenvalue weighted by Crippen LogP contribution is -2.33. The average Bonchev–Trinajstić information content (AvgIpc) is 2.68. The van der Waals surface area contributed by atoms with Crippen LogP contribution in [0.5, 0.6) is 5.75 Å². The second-order valence-electron chi connectivity index (χ2n) is 5.55. The Morgan fingerprint density at radius 3 is 1.88 bits per heavy atom. The fourth-order valence-electron chi connectivity index (χ4n) is 2.69. The first-order valence-electron chi connectivity index (χ1n) is 8.08. The van der Waals surface area contributed by atoms with Gasteiger partial charge in [0.15, 0.2) is 5.11 Å². The molecule has 25 heavy (non-hydrogen) atoms. The maximum Gasteiger partial charge on any atom is 0.171 e. The molecule has 0 bridgehead atoms. The third-order valence-electron chi connectivity index (χ3n) is 3.90. The van der Waals surface area contributed by atoms with Gasteiger partial charge in [-0.3, -0.25) is 0 Å². The molecule has 0 saturated carbocycles. The Morgan fingerprint density at radius 2 is 1.32 bits per heavy atom. The van der Waals surface area contributed by atoms with E-state index in [0.29, 0.717) is 5.11 Å². The molecule has 0 radical (unpaired) electrons. The van der Waals surface area contributed by atoms with Crippen molar-refractivity contribution in [1.29, 1.82) is 0 Å². The molecule has 0 spiro atoms. The number of para-hydroxylation sites is 2. The van der Waals surface area contributed by atoms with Crippen LogP contribution in [-0.4, -0.2) is 12.2 Å². The smallest absolute Gasteiger partial charge is 0.171 e. The van der Waals surface area contributed by atoms with Gasteiger partial charge in [0, 0.05) is 0 Å². The summed E-state index contributed by atoms with van der Waals surface area (Å²) in [5.74, 6) is 0.752. The highest BCUT2D eigenvalue weighted by atomic mass is 32.1. The second kappa shape index (κ2) is 8.31. The number of thiocarbonyl (C=S) groups is 1. The van der Waals surface area contributed by atoms with E-state index < -0.39 is 0 Å². The van der Waals surface area contributed by atoms with Gasteiger partial charge in [-0.1, -0.05) is 72.8 Å². The minimum Gasteiger partial charge on any atom is -0.495 e. The van der Waals surface area contributed by atoms with Crippen LogP contribution in [0.1, 0.15) is 17.2 Å². The van der Waals surface area contributed by atoms with E-state index in [4.69, 9.17) is 17.0 Å². The molecule has 2 N–H and O–H groups in total. The molecule has 3 nitrogen and oxygen atoms in total. The summed E-state index contributed by atoms with van der Waals surface area (Å²) in [6.45, 7) is 0. The molecule has 0 unspecified atom stereocenters. The average molecular weight is 348 g/mol. The van der Waals surface area contributed by atoms with Crippen molar-refractivity contribution in [1.82, 2.24) is 5.32 Å². The quantitative estimate of drug-likeness (QED) is 0.651. The third-order valence-corrected chi connectivity index (χ3v) is 4.12. The zero-order chi connectivity index (χ0) is 17.5. The molecular weight excluding hydrogens is 328 g/mol. The summed E-state index contributed by atoms with van der Waals surface area (Å²) in [5, 5.41) is 7.18. The number of hydrogen-bond acceptors (Lipinski definition) is 2. The number of nitrogens with one attached hydrogen (secondary N) is 2. The van der Waals surface area contributed by atoms with Gasteiger partial charge in [-0.2, -0.15) is 0 Å². The zero-order valence-electron chi connectivity index (χ0n) is 14.0.